The molecular weight excluding hydrogens is 398 g/mol. The minimum Gasteiger partial charge on any atom is -0.328 e. The van der Waals surface area contributed by atoms with Crippen LogP contribution in [-0.2, 0) is 13.1 Å². The van der Waals surface area contributed by atoms with Crippen molar-refractivity contribution in [1.82, 2.24) is 19.2 Å². The summed E-state index contributed by atoms with van der Waals surface area (Å²) in [7, 11) is 0. The first-order chi connectivity index (χ1) is 14.9. The van der Waals surface area contributed by atoms with Gasteiger partial charge in [-0.05, 0) is 61.4 Å². The Kier molecular flexibility index (Phi) is 4.46. The van der Waals surface area contributed by atoms with Crippen molar-refractivity contribution in [1.29, 1.82) is 0 Å². The molecule has 0 radical (unpaired) electrons. The lowest BCUT2D eigenvalue weighted by atomic mass is 10.1. The van der Waals surface area contributed by atoms with Crippen molar-refractivity contribution in [3.05, 3.63) is 101 Å². The monoisotopic (exact) mass is 418 g/mol. The van der Waals surface area contributed by atoms with Gasteiger partial charge in [-0.15, -0.1) is 0 Å². The van der Waals surface area contributed by atoms with Crippen molar-refractivity contribution < 1.29 is 13.6 Å². The van der Waals surface area contributed by atoms with E-state index in [2.05, 4.69) is 26.0 Å². The van der Waals surface area contributed by atoms with Gasteiger partial charge in [0.1, 0.15) is 17.5 Å². The number of hydrogen-bond acceptors (Lipinski definition) is 2. The summed E-state index contributed by atoms with van der Waals surface area (Å²) in [5.41, 5.74) is 4.82. The second kappa shape index (κ2) is 7.19. The maximum absolute atomic E-state index is 14.2. The Bertz CT molecular complexity index is 1310. The Morgan fingerprint density at radius 1 is 0.968 bits per heavy atom. The lowest BCUT2D eigenvalue weighted by Gasteiger charge is -2.18. The zero-order chi connectivity index (χ0) is 21.7. The highest BCUT2D eigenvalue weighted by molar-refractivity contribution is 5.94. The number of aromatic nitrogens is 3. The summed E-state index contributed by atoms with van der Waals surface area (Å²) < 4.78 is 31.3. The molecule has 0 atom stereocenters. The molecule has 0 fully saturated rings. The molecule has 1 aliphatic rings. The molecule has 5 nitrogen and oxygen atoms in total. The summed E-state index contributed by atoms with van der Waals surface area (Å²) in [5, 5.41) is 4.80. The summed E-state index contributed by atoms with van der Waals surface area (Å²) in [4.78, 5) is 14.4. The first-order valence-electron chi connectivity index (χ1n) is 9.98. The third-order valence-corrected chi connectivity index (χ3v) is 5.76. The van der Waals surface area contributed by atoms with Gasteiger partial charge < -0.3 is 9.47 Å². The number of fused-ring (bicyclic) bond motifs is 1. The van der Waals surface area contributed by atoms with E-state index in [0.717, 1.165) is 40.5 Å². The first-order valence-corrected chi connectivity index (χ1v) is 9.98. The Balaban J connectivity index is 1.55. The molecule has 0 aliphatic carbocycles. The quantitative estimate of drug-likeness (QED) is 0.484. The molecule has 156 valence electrons. The van der Waals surface area contributed by atoms with E-state index in [-0.39, 0.29) is 12.1 Å². The number of carbonyl (C=O) groups excluding carboxylic acids is 1. The lowest BCUT2D eigenvalue weighted by Crippen LogP contribution is -2.27. The van der Waals surface area contributed by atoms with Crippen LogP contribution in [0.3, 0.4) is 0 Å². The summed E-state index contributed by atoms with van der Waals surface area (Å²) in [6, 6.07) is 13.0. The van der Waals surface area contributed by atoms with Gasteiger partial charge in [0.25, 0.3) is 5.91 Å². The predicted molar refractivity (Wildman–Crippen MR) is 112 cm³/mol. The largest absolute Gasteiger partial charge is 0.328 e. The van der Waals surface area contributed by atoms with E-state index in [4.69, 9.17) is 5.10 Å². The molecule has 3 heterocycles. The summed E-state index contributed by atoms with van der Waals surface area (Å²) in [5.74, 6) is -1.21. The van der Waals surface area contributed by atoms with Gasteiger partial charge in [0.15, 0.2) is 0 Å². The Morgan fingerprint density at radius 2 is 1.74 bits per heavy atom. The van der Waals surface area contributed by atoms with Gasteiger partial charge in [0, 0.05) is 24.0 Å². The Labute approximate surface area is 178 Å². The average Bonchev–Trinajstić information content (AvgIpc) is 3.45. The molecule has 2 aromatic heterocycles. The highest BCUT2D eigenvalue weighted by atomic mass is 19.1. The van der Waals surface area contributed by atoms with Gasteiger partial charge in [-0.1, -0.05) is 6.07 Å². The zero-order valence-corrected chi connectivity index (χ0v) is 17.1. The van der Waals surface area contributed by atoms with Crippen LogP contribution in [0, 0.1) is 25.5 Å². The fourth-order valence-corrected chi connectivity index (χ4v) is 3.96. The van der Waals surface area contributed by atoms with Crippen LogP contribution in [0.4, 0.5) is 8.78 Å². The molecule has 4 aromatic rings. The van der Waals surface area contributed by atoms with Crippen LogP contribution in [0.25, 0.3) is 11.5 Å². The second-order valence-corrected chi connectivity index (χ2v) is 7.80. The van der Waals surface area contributed by atoms with Crippen LogP contribution >= 0.6 is 0 Å². The van der Waals surface area contributed by atoms with E-state index in [9.17, 15) is 13.6 Å². The fourth-order valence-electron chi connectivity index (χ4n) is 3.96. The van der Waals surface area contributed by atoms with Crippen molar-refractivity contribution in [3.63, 3.8) is 0 Å². The van der Waals surface area contributed by atoms with E-state index >= 15 is 0 Å². The maximum Gasteiger partial charge on any atom is 0.257 e. The van der Waals surface area contributed by atoms with Crippen molar-refractivity contribution in [2.75, 3.05) is 0 Å². The number of benzene rings is 2. The summed E-state index contributed by atoms with van der Waals surface area (Å²) in [6.45, 7) is 4.68. The highest BCUT2D eigenvalue weighted by Crippen LogP contribution is 2.32. The van der Waals surface area contributed by atoms with Crippen molar-refractivity contribution in [3.8, 4) is 11.5 Å². The maximum atomic E-state index is 14.2. The molecule has 0 unspecified atom stereocenters. The van der Waals surface area contributed by atoms with E-state index in [1.165, 1.54) is 16.5 Å². The van der Waals surface area contributed by atoms with Crippen LogP contribution in [0.15, 0.2) is 60.9 Å². The molecule has 7 heteroatoms. The summed E-state index contributed by atoms with van der Waals surface area (Å²) >= 11 is 0. The van der Waals surface area contributed by atoms with E-state index < -0.39 is 17.5 Å². The SMILES string of the molecule is Cc1ccc(-n2nc3c(c2-n2cccc2)CN(C(=O)c2ccc(F)cc2F)C3)cc1C. The predicted octanol–water partition coefficient (Wildman–Crippen LogP) is 4.71. The fraction of sp³-hybridized carbons (Fsp3) is 0.167. The van der Waals surface area contributed by atoms with Gasteiger partial charge in [-0.25, -0.2) is 13.5 Å². The van der Waals surface area contributed by atoms with Crippen molar-refractivity contribution >= 4 is 5.91 Å². The number of hydrogen-bond donors (Lipinski definition) is 0. The molecule has 0 saturated carbocycles. The van der Waals surface area contributed by atoms with Crippen LogP contribution in [0.2, 0.25) is 0 Å². The molecule has 0 bridgehead atoms. The molecule has 0 spiro atoms. The molecule has 5 rings (SSSR count). The highest BCUT2D eigenvalue weighted by Gasteiger charge is 2.32. The Hall–Kier alpha value is -3.74. The van der Waals surface area contributed by atoms with Gasteiger partial charge in [0.2, 0.25) is 0 Å². The van der Waals surface area contributed by atoms with E-state index in [1.54, 1.807) is 0 Å². The van der Waals surface area contributed by atoms with E-state index in [0.29, 0.717) is 6.54 Å². The van der Waals surface area contributed by atoms with Crippen molar-refractivity contribution in [2.45, 2.75) is 26.9 Å². The third kappa shape index (κ3) is 3.22. The Morgan fingerprint density at radius 3 is 2.45 bits per heavy atom. The number of nitrogens with zero attached hydrogens (tertiary/aromatic N) is 4. The molecule has 0 N–H and O–H groups in total. The molecule has 2 aromatic carbocycles. The van der Waals surface area contributed by atoms with Gasteiger partial charge in [-0.2, -0.15) is 5.10 Å². The van der Waals surface area contributed by atoms with Crippen LogP contribution in [-0.4, -0.2) is 25.2 Å². The third-order valence-electron chi connectivity index (χ3n) is 5.76. The van der Waals surface area contributed by atoms with Gasteiger partial charge >= 0.3 is 0 Å². The number of amides is 1. The number of carbonyl (C=O) groups is 1. The van der Waals surface area contributed by atoms with Crippen LogP contribution < -0.4 is 0 Å². The van der Waals surface area contributed by atoms with Crippen LogP contribution in [0.1, 0.15) is 32.7 Å². The number of rotatable bonds is 3. The number of aryl methyl sites for hydroxylation is 2. The van der Waals surface area contributed by atoms with Crippen molar-refractivity contribution in [2.24, 2.45) is 0 Å². The lowest BCUT2D eigenvalue weighted by molar-refractivity contribution is 0.0744. The average molecular weight is 418 g/mol. The normalized spacial score (nSPS) is 13.0. The second-order valence-electron chi connectivity index (χ2n) is 7.80. The topological polar surface area (TPSA) is 43.1 Å². The molecule has 1 aliphatic heterocycles. The zero-order valence-electron chi connectivity index (χ0n) is 17.1. The minimum absolute atomic E-state index is 0.142. The summed E-state index contributed by atoms with van der Waals surface area (Å²) in [6.07, 6.45) is 3.86. The first kappa shape index (κ1) is 19.2. The smallest absolute Gasteiger partial charge is 0.257 e. The van der Waals surface area contributed by atoms with Gasteiger partial charge in [0.05, 0.1) is 30.0 Å². The van der Waals surface area contributed by atoms with Crippen LogP contribution in [0.5, 0.6) is 0 Å². The molecular formula is C24H20F2N4O. The molecule has 31 heavy (non-hydrogen) atoms. The molecule has 1 amide bonds. The molecule has 0 saturated heterocycles. The van der Waals surface area contributed by atoms with Gasteiger partial charge in [-0.3, -0.25) is 4.79 Å². The number of halogens is 2. The van der Waals surface area contributed by atoms with E-state index in [1.807, 2.05) is 39.8 Å². The standard InChI is InChI=1S/C24H20F2N4O/c1-15-5-7-18(11-16(15)2)30-23(28-9-3-4-10-28)20-13-29(14-22(20)27-30)24(31)19-8-6-17(25)12-21(19)26/h3-12H,13-14H2,1-2H3. The minimum atomic E-state index is -0.861.